The van der Waals surface area contributed by atoms with Crippen LogP contribution < -0.4 is 0 Å². The van der Waals surface area contributed by atoms with Gasteiger partial charge in [-0.25, -0.2) is 0 Å². The highest BCUT2D eigenvalue weighted by atomic mass is 79.9. The molecule has 0 aliphatic rings. The number of pyridine rings is 1. The van der Waals surface area contributed by atoms with Crippen molar-refractivity contribution in [1.29, 1.82) is 0 Å². The van der Waals surface area contributed by atoms with Crippen LogP contribution >= 0.6 is 15.9 Å². The van der Waals surface area contributed by atoms with Gasteiger partial charge in [-0.1, -0.05) is 45.0 Å². The molecule has 0 bridgehead atoms. The van der Waals surface area contributed by atoms with Crippen LogP contribution in [0.4, 0.5) is 0 Å². The zero-order valence-corrected chi connectivity index (χ0v) is 13.7. The maximum absolute atomic E-state index is 10.5. The molecule has 20 heavy (non-hydrogen) atoms. The van der Waals surface area contributed by atoms with Gasteiger partial charge in [0.2, 0.25) is 0 Å². The van der Waals surface area contributed by atoms with Crippen molar-refractivity contribution in [1.82, 2.24) is 4.98 Å². The first-order valence-corrected chi connectivity index (χ1v) is 7.55. The smallest absolute Gasteiger partial charge is 0.0848 e. The Kier molecular flexibility index (Phi) is 4.61. The van der Waals surface area contributed by atoms with Crippen LogP contribution in [-0.2, 0) is 11.8 Å². The van der Waals surface area contributed by atoms with E-state index in [0.717, 1.165) is 15.7 Å². The summed E-state index contributed by atoms with van der Waals surface area (Å²) in [5.41, 5.74) is 3.09. The van der Waals surface area contributed by atoms with Crippen molar-refractivity contribution in [3.05, 3.63) is 63.9 Å². The van der Waals surface area contributed by atoms with Gasteiger partial charge in [-0.3, -0.25) is 4.98 Å². The van der Waals surface area contributed by atoms with E-state index in [4.69, 9.17) is 0 Å². The van der Waals surface area contributed by atoms with E-state index in [2.05, 4.69) is 47.8 Å². The number of rotatable bonds is 3. The molecule has 0 saturated heterocycles. The quantitative estimate of drug-likeness (QED) is 0.901. The average molecular weight is 334 g/mol. The van der Waals surface area contributed by atoms with Crippen molar-refractivity contribution in [3.63, 3.8) is 0 Å². The lowest BCUT2D eigenvalue weighted by Crippen LogP contribution is -2.17. The number of aliphatic hydroxyl groups is 1. The third-order valence-electron chi connectivity index (χ3n) is 3.32. The highest BCUT2D eigenvalue weighted by Crippen LogP contribution is 2.30. The van der Waals surface area contributed by atoms with Gasteiger partial charge in [0.1, 0.15) is 0 Å². The Morgan fingerprint density at radius 1 is 1.15 bits per heavy atom. The van der Waals surface area contributed by atoms with Crippen LogP contribution in [0.15, 0.2) is 47.1 Å². The largest absolute Gasteiger partial charge is 0.388 e. The highest BCUT2D eigenvalue weighted by Gasteiger charge is 2.21. The van der Waals surface area contributed by atoms with Gasteiger partial charge in [0, 0.05) is 22.8 Å². The summed E-state index contributed by atoms with van der Waals surface area (Å²) in [5.74, 6) is 0. The van der Waals surface area contributed by atoms with Crippen molar-refractivity contribution in [2.45, 2.75) is 38.7 Å². The Labute approximate surface area is 129 Å². The summed E-state index contributed by atoms with van der Waals surface area (Å²) in [5, 5.41) is 10.5. The lowest BCUT2D eigenvalue weighted by molar-refractivity contribution is 0.174. The van der Waals surface area contributed by atoms with E-state index < -0.39 is 6.10 Å². The first-order chi connectivity index (χ1) is 9.38. The molecule has 1 aromatic carbocycles. The summed E-state index contributed by atoms with van der Waals surface area (Å²) in [6, 6.07) is 12.0. The highest BCUT2D eigenvalue weighted by molar-refractivity contribution is 9.10. The van der Waals surface area contributed by atoms with Gasteiger partial charge in [-0.15, -0.1) is 0 Å². The van der Waals surface area contributed by atoms with E-state index in [-0.39, 0.29) is 5.41 Å². The van der Waals surface area contributed by atoms with E-state index in [1.165, 1.54) is 5.56 Å². The fourth-order valence-corrected chi connectivity index (χ4v) is 2.54. The van der Waals surface area contributed by atoms with Gasteiger partial charge < -0.3 is 5.11 Å². The number of nitrogens with zero attached hydrogens (tertiary/aromatic N) is 1. The number of hydrogen-bond acceptors (Lipinski definition) is 2. The zero-order valence-electron chi connectivity index (χ0n) is 12.1. The summed E-state index contributed by atoms with van der Waals surface area (Å²) in [6.07, 6.45) is 1.76. The van der Waals surface area contributed by atoms with Crippen molar-refractivity contribution in [2.75, 3.05) is 0 Å². The van der Waals surface area contributed by atoms with Gasteiger partial charge >= 0.3 is 0 Å². The first-order valence-electron chi connectivity index (χ1n) is 6.76. The van der Waals surface area contributed by atoms with E-state index >= 15 is 0 Å². The number of halogens is 1. The zero-order chi connectivity index (χ0) is 14.8. The van der Waals surface area contributed by atoms with E-state index in [1.807, 2.05) is 30.3 Å². The standard InChI is InChI=1S/C17H20BrNO/c1-17(2,3)15-7-5-4-6-14(15)16(20)10-13-9-8-12(18)11-19-13/h4-9,11,16,20H,10H2,1-3H3. The summed E-state index contributed by atoms with van der Waals surface area (Å²) in [7, 11) is 0. The summed E-state index contributed by atoms with van der Waals surface area (Å²) >= 11 is 3.37. The van der Waals surface area contributed by atoms with Crippen molar-refractivity contribution < 1.29 is 5.11 Å². The third-order valence-corrected chi connectivity index (χ3v) is 3.79. The average Bonchev–Trinajstić information content (AvgIpc) is 2.40. The molecule has 2 nitrogen and oxygen atoms in total. The van der Waals surface area contributed by atoms with Crippen LogP contribution in [0.2, 0.25) is 0 Å². The van der Waals surface area contributed by atoms with Crippen LogP contribution in [0.1, 0.15) is 43.7 Å². The van der Waals surface area contributed by atoms with Crippen LogP contribution in [0.25, 0.3) is 0 Å². The van der Waals surface area contributed by atoms with Gasteiger partial charge in [0.15, 0.2) is 0 Å². The monoisotopic (exact) mass is 333 g/mol. The van der Waals surface area contributed by atoms with Crippen molar-refractivity contribution >= 4 is 15.9 Å². The first kappa shape index (κ1) is 15.2. The van der Waals surface area contributed by atoms with Gasteiger partial charge in [0.05, 0.1) is 6.10 Å². The molecule has 0 radical (unpaired) electrons. The Morgan fingerprint density at radius 3 is 2.45 bits per heavy atom. The van der Waals surface area contributed by atoms with Crippen LogP contribution in [0, 0.1) is 0 Å². The number of aliphatic hydroxyl groups excluding tert-OH is 1. The minimum absolute atomic E-state index is 0.0186. The van der Waals surface area contributed by atoms with Crippen LogP contribution in [-0.4, -0.2) is 10.1 Å². The molecule has 0 fully saturated rings. The molecule has 2 rings (SSSR count). The molecular formula is C17H20BrNO. The predicted octanol–water partition coefficient (Wildman–Crippen LogP) is 4.42. The topological polar surface area (TPSA) is 33.1 Å². The second kappa shape index (κ2) is 6.06. The molecule has 0 aliphatic carbocycles. The number of hydrogen-bond donors (Lipinski definition) is 1. The molecule has 1 aromatic heterocycles. The maximum atomic E-state index is 10.5. The molecule has 1 N–H and O–H groups in total. The predicted molar refractivity (Wildman–Crippen MR) is 85.7 cm³/mol. The fourth-order valence-electron chi connectivity index (χ4n) is 2.31. The lowest BCUT2D eigenvalue weighted by atomic mass is 9.82. The summed E-state index contributed by atoms with van der Waals surface area (Å²) in [4.78, 5) is 4.33. The SMILES string of the molecule is CC(C)(C)c1ccccc1C(O)Cc1ccc(Br)cn1. The Hall–Kier alpha value is -1.19. The molecule has 1 heterocycles. The van der Waals surface area contributed by atoms with E-state index in [0.29, 0.717) is 6.42 Å². The van der Waals surface area contributed by atoms with E-state index in [1.54, 1.807) is 6.20 Å². The molecule has 2 aromatic rings. The number of benzene rings is 1. The Balaban J connectivity index is 2.25. The van der Waals surface area contributed by atoms with Crippen molar-refractivity contribution in [3.8, 4) is 0 Å². The Bertz CT molecular complexity index is 572. The Morgan fingerprint density at radius 2 is 1.85 bits per heavy atom. The number of aromatic nitrogens is 1. The normalized spacial score (nSPS) is 13.2. The molecule has 0 spiro atoms. The maximum Gasteiger partial charge on any atom is 0.0848 e. The van der Waals surface area contributed by atoms with Gasteiger partial charge in [-0.05, 0) is 44.6 Å². The van der Waals surface area contributed by atoms with Gasteiger partial charge in [0.25, 0.3) is 0 Å². The lowest BCUT2D eigenvalue weighted by Gasteiger charge is -2.25. The van der Waals surface area contributed by atoms with Crippen LogP contribution in [0.5, 0.6) is 0 Å². The fraction of sp³-hybridized carbons (Fsp3) is 0.353. The molecule has 0 saturated carbocycles. The summed E-state index contributed by atoms with van der Waals surface area (Å²) in [6.45, 7) is 6.49. The molecular weight excluding hydrogens is 314 g/mol. The molecule has 0 amide bonds. The minimum atomic E-state index is -0.529. The van der Waals surface area contributed by atoms with Crippen molar-refractivity contribution in [2.24, 2.45) is 0 Å². The third kappa shape index (κ3) is 3.68. The molecule has 1 unspecified atom stereocenters. The van der Waals surface area contributed by atoms with Crippen LogP contribution in [0.3, 0.4) is 0 Å². The summed E-state index contributed by atoms with van der Waals surface area (Å²) < 4.78 is 0.950. The van der Waals surface area contributed by atoms with Gasteiger partial charge in [-0.2, -0.15) is 0 Å². The second-order valence-electron chi connectivity index (χ2n) is 6.02. The molecule has 0 aliphatic heterocycles. The minimum Gasteiger partial charge on any atom is -0.388 e. The second-order valence-corrected chi connectivity index (χ2v) is 6.94. The molecule has 3 heteroatoms. The molecule has 1 atom stereocenters. The van der Waals surface area contributed by atoms with E-state index in [9.17, 15) is 5.11 Å². The molecule has 106 valence electrons.